The predicted octanol–water partition coefficient (Wildman–Crippen LogP) is 8.17. The molecule has 2 rings (SSSR count). The number of aldehydes is 1. The van der Waals surface area contributed by atoms with Gasteiger partial charge in [-0.15, -0.1) is 0 Å². The largest absolute Gasteiger partial charge is 0.388 e. The molecule has 0 aromatic carbocycles. The highest BCUT2D eigenvalue weighted by Crippen LogP contribution is 2.22. The maximum Gasteiger partial charge on any atom is 0.214 e. The first kappa shape index (κ1) is 43.6. The van der Waals surface area contributed by atoms with Gasteiger partial charge in [0.05, 0.1) is 0 Å². The monoisotopic (exact) mass is 586 g/mol. The number of hydrogen-bond donors (Lipinski definition) is 2. The van der Waals surface area contributed by atoms with Crippen LogP contribution in [0.2, 0.25) is 0 Å². The Morgan fingerprint density at radius 3 is 2.24 bits per heavy atom. The standard InChI is InChI=1S/C14H18N2O.C10H17NO.C7H15N.C2H6O.C2H6/c1-5-11(4)12(6-2)8-9-13(7-3)14-15-10-17-16-14;1-8(7-12)9(2)10-3-5-11-6-4-10;1-4-7(2)5-6-8-3;1-3-2;1-2/h5,7-10H,3,6H2,1-2,4H3;3,7-9,11H,4-6H2,1-2H3;4,8H,5-6H2,1-3H3;1-2H3;1-2H3/b11-5+,12-8+,13-9+;;7-4-;;. The second-order valence-corrected chi connectivity index (χ2v) is 9.51. The number of aromatic nitrogens is 2. The first-order chi connectivity index (χ1) is 20.2. The van der Waals surface area contributed by atoms with E-state index in [0.717, 1.165) is 44.3 Å². The number of methoxy groups -OCH3 is 1. The van der Waals surface area contributed by atoms with E-state index in [4.69, 9.17) is 4.52 Å². The lowest BCUT2D eigenvalue weighted by molar-refractivity contribution is -0.111. The number of rotatable bonds is 11. The second-order valence-electron chi connectivity index (χ2n) is 9.51. The Morgan fingerprint density at radius 2 is 1.83 bits per heavy atom. The van der Waals surface area contributed by atoms with Crippen molar-refractivity contribution in [1.82, 2.24) is 20.8 Å². The molecule has 7 nitrogen and oxygen atoms in total. The van der Waals surface area contributed by atoms with Gasteiger partial charge >= 0.3 is 0 Å². The van der Waals surface area contributed by atoms with Gasteiger partial charge in [0.2, 0.25) is 12.2 Å². The van der Waals surface area contributed by atoms with Gasteiger partial charge in [0.1, 0.15) is 6.29 Å². The minimum Gasteiger partial charge on any atom is -0.388 e. The van der Waals surface area contributed by atoms with Gasteiger partial charge in [0.15, 0.2) is 0 Å². The number of nitrogens with zero attached hydrogens (tertiary/aromatic N) is 2. The molecule has 2 heterocycles. The molecular weight excluding hydrogens is 524 g/mol. The molecule has 2 atom stereocenters. The normalized spacial score (nSPS) is 15.0. The molecule has 0 spiro atoms. The highest BCUT2D eigenvalue weighted by Gasteiger charge is 2.16. The molecular formula is C35H62N4O3. The van der Waals surface area contributed by atoms with Gasteiger partial charge in [-0.05, 0) is 78.6 Å². The smallest absolute Gasteiger partial charge is 0.214 e. The summed E-state index contributed by atoms with van der Waals surface area (Å²) in [5.41, 5.74) is 6.32. The van der Waals surface area contributed by atoms with Crippen LogP contribution in [0.4, 0.5) is 0 Å². The van der Waals surface area contributed by atoms with E-state index < -0.39 is 0 Å². The van der Waals surface area contributed by atoms with Gasteiger partial charge < -0.3 is 24.7 Å². The van der Waals surface area contributed by atoms with Crippen LogP contribution in [0.1, 0.15) is 87.4 Å². The van der Waals surface area contributed by atoms with Gasteiger partial charge in [-0.3, -0.25) is 0 Å². The fraction of sp³-hybridized carbons (Fsp3) is 0.571. The van der Waals surface area contributed by atoms with E-state index in [0.29, 0.717) is 11.7 Å². The van der Waals surface area contributed by atoms with Crippen LogP contribution in [0.15, 0.2) is 76.2 Å². The third kappa shape index (κ3) is 21.8. The second kappa shape index (κ2) is 31.1. The highest BCUT2D eigenvalue weighted by atomic mass is 16.5. The van der Waals surface area contributed by atoms with Crippen LogP contribution in [0.25, 0.3) is 5.57 Å². The van der Waals surface area contributed by atoms with Crippen molar-refractivity contribution in [1.29, 1.82) is 0 Å². The number of nitrogens with one attached hydrogen (secondary N) is 2. The summed E-state index contributed by atoms with van der Waals surface area (Å²) in [6.45, 7) is 25.5. The number of carbonyl (C=O) groups is 1. The molecule has 1 aromatic rings. The molecule has 42 heavy (non-hydrogen) atoms. The van der Waals surface area contributed by atoms with Crippen molar-refractivity contribution in [2.24, 2.45) is 11.8 Å². The lowest BCUT2D eigenvalue weighted by atomic mass is 9.86. The van der Waals surface area contributed by atoms with Gasteiger partial charge in [0.25, 0.3) is 0 Å². The lowest BCUT2D eigenvalue weighted by Gasteiger charge is -2.22. The molecule has 2 N–H and O–H groups in total. The van der Waals surface area contributed by atoms with Crippen molar-refractivity contribution in [3.63, 3.8) is 0 Å². The van der Waals surface area contributed by atoms with Crippen LogP contribution in [-0.2, 0) is 9.53 Å². The number of ether oxygens (including phenoxy) is 1. The summed E-state index contributed by atoms with van der Waals surface area (Å²) in [7, 11) is 5.23. The van der Waals surface area contributed by atoms with Crippen LogP contribution >= 0.6 is 0 Å². The molecule has 0 bridgehead atoms. The third-order valence-electron chi connectivity index (χ3n) is 6.57. The predicted molar refractivity (Wildman–Crippen MR) is 182 cm³/mol. The quantitative estimate of drug-likeness (QED) is 0.154. The van der Waals surface area contributed by atoms with E-state index in [1.54, 1.807) is 20.3 Å². The third-order valence-corrected chi connectivity index (χ3v) is 6.57. The minimum atomic E-state index is 0.161. The number of allylic oxidation sites excluding steroid dienone is 8. The van der Waals surface area contributed by atoms with E-state index in [9.17, 15) is 4.79 Å². The van der Waals surface area contributed by atoms with E-state index in [1.807, 2.05) is 40.8 Å². The van der Waals surface area contributed by atoms with Crippen LogP contribution in [-0.4, -0.2) is 57.3 Å². The summed E-state index contributed by atoms with van der Waals surface area (Å²) < 4.78 is 8.97. The number of carbonyl (C=O) groups excluding carboxylic acids is 1. The summed E-state index contributed by atoms with van der Waals surface area (Å²) in [6.07, 6.45) is 17.8. The highest BCUT2D eigenvalue weighted by molar-refractivity contribution is 5.70. The lowest BCUT2D eigenvalue weighted by Crippen LogP contribution is -2.24. The Bertz CT molecular complexity index is 941. The molecule has 240 valence electrons. The first-order valence-corrected chi connectivity index (χ1v) is 15.2. The molecule has 7 heteroatoms. The first-order valence-electron chi connectivity index (χ1n) is 15.2. The molecule has 0 radical (unpaired) electrons. The van der Waals surface area contributed by atoms with Crippen LogP contribution < -0.4 is 10.6 Å². The summed E-state index contributed by atoms with van der Waals surface area (Å²) in [5, 5.41) is 10.1. The van der Waals surface area contributed by atoms with E-state index in [-0.39, 0.29) is 5.92 Å². The Hall–Kier alpha value is -2.87. The van der Waals surface area contributed by atoms with Crippen LogP contribution in [0.5, 0.6) is 0 Å². The zero-order valence-corrected chi connectivity index (χ0v) is 28.8. The topological polar surface area (TPSA) is 89.3 Å². The van der Waals surface area contributed by atoms with E-state index in [2.05, 4.69) is 91.0 Å². The van der Waals surface area contributed by atoms with Crippen molar-refractivity contribution in [3.05, 3.63) is 77.5 Å². The van der Waals surface area contributed by atoms with Gasteiger partial charge in [-0.2, -0.15) is 4.98 Å². The molecule has 1 aromatic heterocycles. The maximum absolute atomic E-state index is 10.5. The SMILES string of the molecule is C/C=C(/C)CCNC.C=C\C(=C/C=C(CC)/C(C)=C/C)c1ncon1.CC.CC(C=O)C(C)C1=CCNCC1.COC. The van der Waals surface area contributed by atoms with E-state index in [1.165, 1.54) is 35.1 Å². The summed E-state index contributed by atoms with van der Waals surface area (Å²) in [5.74, 6) is 1.14. The van der Waals surface area contributed by atoms with Gasteiger partial charge in [-0.25, -0.2) is 0 Å². The van der Waals surface area contributed by atoms with Crippen LogP contribution in [0, 0.1) is 11.8 Å². The van der Waals surface area contributed by atoms with Crippen molar-refractivity contribution in [2.75, 3.05) is 40.9 Å². The molecule has 0 saturated heterocycles. The molecule has 1 aliphatic heterocycles. The molecule has 0 amide bonds. The zero-order chi connectivity index (χ0) is 32.8. The van der Waals surface area contributed by atoms with Gasteiger partial charge in [0, 0.05) is 32.3 Å². The van der Waals surface area contributed by atoms with Crippen molar-refractivity contribution >= 4 is 11.9 Å². The Morgan fingerprint density at radius 1 is 1.19 bits per heavy atom. The molecule has 1 aliphatic rings. The average molecular weight is 587 g/mol. The fourth-order valence-electron chi connectivity index (χ4n) is 3.41. The Kier molecular flexibility index (Phi) is 32.2. The summed E-state index contributed by atoms with van der Waals surface area (Å²) in [6, 6.07) is 0. The average Bonchev–Trinajstić information content (AvgIpc) is 3.58. The van der Waals surface area contributed by atoms with Crippen molar-refractivity contribution in [2.45, 2.75) is 81.6 Å². The summed E-state index contributed by atoms with van der Waals surface area (Å²) in [4.78, 5) is 14.5. The van der Waals surface area contributed by atoms with Crippen molar-refractivity contribution in [3.8, 4) is 0 Å². The van der Waals surface area contributed by atoms with E-state index >= 15 is 0 Å². The fourth-order valence-corrected chi connectivity index (χ4v) is 3.41. The zero-order valence-electron chi connectivity index (χ0n) is 28.8. The van der Waals surface area contributed by atoms with Crippen molar-refractivity contribution < 1.29 is 14.1 Å². The molecule has 0 saturated carbocycles. The van der Waals surface area contributed by atoms with Crippen LogP contribution in [0.3, 0.4) is 0 Å². The molecule has 0 aliphatic carbocycles. The molecule has 0 fully saturated rings. The maximum atomic E-state index is 10.5. The summed E-state index contributed by atoms with van der Waals surface area (Å²) >= 11 is 0. The number of hydrogen-bond acceptors (Lipinski definition) is 7. The Balaban J connectivity index is -0.000000531. The Labute approximate surface area is 258 Å². The molecule has 2 unspecified atom stereocenters. The van der Waals surface area contributed by atoms with Gasteiger partial charge in [-0.1, -0.05) is 99.5 Å². The minimum absolute atomic E-state index is 0.161.